The Morgan fingerprint density at radius 3 is 1.95 bits per heavy atom. The van der Waals surface area contributed by atoms with Crippen molar-refractivity contribution in [1.82, 2.24) is 21.3 Å². The first-order chi connectivity index (χ1) is 17.7. The van der Waals surface area contributed by atoms with Crippen molar-refractivity contribution < 1.29 is 19.2 Å². The fourth-order valence-corrected chi connectivity index (χ4v) is 4.55. The number of carbonyl (C=O) groups excluding carboxylic acids is 4. The lowest BCUT2D eigenvalue weighted by atomic mass is 9.97. The van der Waals surface area contributed by atoms with Gasteiger partial charge in [0.15, 0.2) is 0 Å². The largest absolute Gasteiger partial charge is 0.349 e. The predicted molar refractivity (Wildman–Crippen MR) is 146 cm³/mol. The van der Waals surface area contributed by atoms with E-state index in [4.69, 9.17) is 11.5 Å². The zero-order valence-electron chi connectivity index (χ0n) is 23.3. The summed E-state index contributed by atoms with van der Waals surface area (Å²) in [5, 5.41) is 11.0. The van der Waals surface area contributed by atoms with Gasteiger partial charge in [0.1, 0.15) is 18.1 Å². The van der Waals surface area contributed by atoms with Crippen molar-refractivity contribution in [2.45, 2.75) is 128 Å². The maximum atomic E-state index is 13.2. The minimum absolute atomic E-state index is 0.201. The predicted octanol–water partition coefficient (Wildman–Crippen LogP) is 1.60. The van der Waals surface area contributed by atoms with Gasteiger partial charge >= 0.3 is 0 Å². The van der Waals surface area contributed by atoms with Crippen LogP contribution in [0.5, 0.6) is 0 Å². The third-order valence-electron chi connectivity index (χ3n) is 6.95. The van der Waals surface area contributed by atoms with Crippen molar-refractivity contribution in [1.29, 1.82) is 0 Å². The van der Waals surface area contributed by atoms with Gasteiger partial charge in [0, 0.05) is 0 Å². The molecule has 0 spiro atoms. The second-order valence-corrected chi connectivity index (χ2v) is 10.6. The number of unbranched alkanes of at least 4 members (excludes halogenated alkanes) is 9. The molecule has 10 heteroatoms. The smallest absolute Gasteiger partial charge is 0.243 e. The monoisotopic (exact) mass is 524 g/mol. The summed E-state index contributed by atoms with van der Waals surface area (Å²) in [7, 11) is 0. The summed E-state index contributed by atoms with van der Waals surface area (Å²) in [6, 6.07) is -3.24. The van der Waals surface area contributed by atoms with Gasteiger partial charge in [0.05, 0.1) is 12.6 Å². The number of nitrogens with one attached hydrogen (secondary N) is 4. The van der Waals surface area contributed by atoms with Crippen LogP contribution in [0.2, 0.25) is 0 Å². The van der Waals surface area contributed by atoms with E-state index in [2.05, 4.69) is 28.2 Å². The Morgan fingerprint density at radius 1 is 0.757 bits per heavy atom. The van der Waals surface area contributed by atoms with E-state index in [-0.39, 0.29) is 18.4 Å². The van der Waals surface area contributed by atoms with Gasteiger partial charge in [0.2, 0.25) is 23.6 Å². The molecule has 1 heterocycles. The van der Waals surface area contributed by atoms with Crippen LogP contribution in [-0.4, -0.2) is 60.9 Å². The number of carbonyl (C=O) groups is 4. The first kappa shape index (κ1) is 32.8. The maximum absolute atomic E-state index is 13.2. The first-order valence-corrected chi connectivity index (χ1v) is 14.3. The molecule has 0 saturated carbocycles. The van der Waals surface area contributed by atoms with E-state index in [0.717, 1.165) is 19.3 Å². The number of hydrogen-bond donors (Lipinski definition) is 6. The van der Waals surface area contributed by atoms with Gasteiger partial charge in [-0.1, -0.05) is 78.6 Å². The number of rotatable bonds is 15. The van der Waals surface area contributed by atoms with E-state index < -0.39 is 41.9 Å². The Labute approximate surface area is 223 Å². The third-order valence-corrected chi connectivity index (χ3v) is 6.95. The molecule has 8 N–H and O–H groups in total. The molecule has 4 amide bonds. The normalized spacial score (nSPS) is 23.8. The molecule has 4 atom stereocenters. The van der Waals surface area contributed by atoms with Crippen molar-refractivity contribution in [3.05, 3.63) is 0 Å². The summed E-state index contributed by atoms with van der Waals surface area (Å²) in [6.07, 6.45) is 12.7. The zero-order valence-corrected chi connectivity index (χ0v) is 23.3. The minimum Gasteiger partial charge on any atom is -0.349 e. The van der Waals surface area contributed by atoms with E-state index in [1.165, 1.54) is 38.5 Å². The highest BCUT2D eigenvalue weighted by Crippen LogP contribution is 2.14. The molecule has 0 aromatic carbocycles. The molecule has 1 aliphatic rings. The topological polar surface area (TPSA) is 168 Å². The lowest BCUT2D eigenvalue weighted by Gasteiger charge is -2.29. The van der Waals surface area contributed by atoms with Crippen LogP contribution in [-0.2, 0) is 19.2 Å². The van der Waals surface area contributed by atoms with Crippen LogP contribution >= 0.6 is 0 Å². The summed E-state index contributed by atoms with van der Waals surface area (Å²) in [6.45, 7) is 6.08. The molecule has 0 aromatic rings. The lowest BCUT2D eigenvalue weighted by Crippen LogP contribution is -2.59. The van der Waals surface area contributed by atoms with Gasteiger partial charge in [-0.25, -0.2) is 0 Å². The van der Waals surface area contributed by atoms with Crippen LogP contribution in [0.1, 0.15) is 104 Å². The molecule has 0 unspecified atom stereocenters. The minimum atomic E-state index is -1.00. The maximum Gasteiger partial charge on any atom is 0.243 e. The van der Waals surface area contributed by atoms with Crippen LogP contribution in [0.3, 0.4) is 0 Å². The van der Waals surface area contributed by atoms with Crippen LogP contribution < -0.4 is 32.7 Å². The Kier molecular flexibility index (Phi) is 16.8. The average molecular weight is 525 g/mol. The highest BCUT2D eigenvalue weighted by molar-refractivity contribution is 5.94. The zero-order chi connectivity index (χ0) is 27.6. The van der Waals surface area contributed by atoms with E-state index in [0.29, 0.717) is 32.2 Å². The summed E-state index contributed by atoms with van der Waals surface area (Å²) in [5.41, 5.74) is 11.8. The molecule has 1 saturated heterocycles. The van der Waals surface area contributed by atoms with E-state index in [1.807, 2.05) is 13.8 Å². The first-order valence-electron chi connectivity index (χ1n) is 14.3. The number of amides is 4. The summed E-state index contributed by atoms with van der Waals surface area (Å²) in [5.74, 6) is -1.99. The average Bonchev–Trinajstić information content (AvgIpc) is 2.87. The molecule has 1 aliphatic heterocycles. The second kappa shape index (κ2) is 19.0. The fraction of sp³-hybridized carbons (Fsp3) is 0.852. The number of hydrogen-bond acceptors (Lipinski definition) is 6. The highest BCUT2D eigenvalue weighted by atomic mass is 16.2. The Balaban J connectivity index is 2.86. The van der Waals surface area contributed by atoms with Gasteiger partial charge in [-0.3, -0.25) is 19.2 Å². The van der Waals surface area contributed by atoms with Gasteiger partial charge in [-0.15, -0.1) is 0 Å². The SMILES string of the molecule is CCCCCCCCCCC[C@@H]1NC(=O)[C@H](C(C)C)NC(=O)[C@H](CCCCN)NC(=O)CNC(=O)[C@@H]1N. The third kappa shape index (κ3) is 13.2. The van der Waals surface area contributed by atoms with Crippen molar-refractivity contribution in [2.75, 3.05) is 13.1 Å². The summed E-state index contributed by atoms with van der Waals surface area (Å²) in [4.78, 5) is 51.5. The highest BCUT2D eigenvalue weighted by Gasteiger charge is 2.33. The van der Waals surface area contributed by atoms with Crippen molar-refractivity contribution in [3.8, 4) is 0 Å². The van der Waals surface area contributed by atoms with Crippen LogP contribution in [0.4, 0.5) is 0 Å². The molecule has 1 fully saturated rings. The van der Waals surface area contributed by atoms with Crippen LogP contribution in [0.25, 0.3) is 0 Å². The molecular weight excluding hydrogens is 472 g/mol. The van der Waals surface area contributed by atoms with Gasteiger partial charge in [-0.05, 0) is 38.1 Å². The molecule has 0 aliphatic carbocycles. The van der Waals surface area contributed by atoms with Crippen molar-refractivity contribution in [3.63, 3.8) is 0 Å². The molecule has 0 bridgehead atoms. The molecule has 0 aromatic heterocycles. The Bertz CT molecular complexity index is 702. The van der Waals surface area contributed by atoms with Crippen LogP contribution in [0, 0.1) is 5.92 Å². The molecule has 0 radical (unpaired) electrons. The summed E-state index contributed by atoms with van der Waals surface area (Å²) < 4.78 is 0. The summed E-state index contributed by atoms with van der Waals surface area (Å²) >= 11 is 0. The molecule has 214 valence electrons. The van der Waals surface area contributed by atoms with Crippen molar-refractivity contribution >= 4 is 23.6 Å². The van der Waals surface area contributed by atoms with Gasteiger partial charge < -0.3 is 32.7 Å². The van der Waals surface area contributed by atoms with Gasteiger partial charge in [-0.2, -0.15) is 0 Å². The molecule has 1 rings (SSSR count). The van der Waals surface area contributed by atoms with E-state index in [1.54, 1.807) is 0 Å². The Hall–Kier alpha value is -2.20. The quantitative estimate of drug-likeness (QED) is 0.178. The fourth-order valence-electron chi connectivity index (χ4n) is 4.55. The van der Waals surface area contributed by atoms with E-state index >= 15 is 0 Å². The molecular formula is C27H52N6O4. The second-order valence-electron chi connectivity index (χ2n) is 10.6. The Morgan fingerprint density at radius 2 is 1.35 bits per heavy atom. The number of nitrogens with two attached hydrogens (primary N) is 2. The lowest BCUT2D eigenvalue weighted by molar-refractivity contribution is -0.133. The van der Waals surface area contributed by atoms with E-state index in [9.17, 15) is 19.2 Å². The molecule has 10 nitrogen and oxygen atoms in total. The van der Waals surface area contributed by atoms with Gasteiger partial charge in [0.25, 0.3) is 0 Å². The standard InChI is InChI=1S/C27H52N6O4/c1-4-5-6-7-8-9-10-11-12-15-20-23(29)26(36)30-18-22(34)31-21(16-13-14-17-28)25(35)33-24(19(2)3)27(37)32-20/h19-21,23-24H,4-18,28-29H2,1-3H3,(H,30,36)(H,31,34)(H,32,37)(H,33,35)/t20-,21-,23+,24-/m0/s1. The molecule has 37 heavy (non-hydrogen) atoms. The van der Waals surface area contributed by atoms with Crippen LogP contribution in [0.15, 0.2) is 0 Å². The van der Waals surface area contributed by atoms with Crippen molar-refractivity contribution in [2.24, 2.45) is 17.4 Å².